The van der Waals surface area contributed by atoms with Crippen LogP contribution in [0, 0.1) is 23.2 Å². The van der Waals surface area contributed by atoms with Gasteiger partial charge in [0.1, 0.15) is 0 Å². The minimum Gasteiger partial charge on any atom is -0.349 e. The zero-order valence-corrected chi connectivity index (χ0v) is 14.0. The van der Waals surface area contributed by atoms with Gasteiger partial charge < -0.3 is 14.4 Å². The van der Waals surface area contributed by atoms with Gasteiger partial charge in [0.2, 0.25) is 5.91 Å². The van der Waals surface area contributed by atoms with E-state index in [-0.39, 0.29) is 5.41 Å². The van der Waals surface area contributed by atoms with Crippen molar-refractivity contribution in [2.45, 2.75) is 58.2 Å². The van der Waals surface area contributed by atoms with Crippen LogP contribution >= 0.6 is 0 Å². The highest BCUT2D eigenvalue weighted by molar-refractivity contribution is 5.79. The molecule has 0 aromatic heterocycles. The predicted molar refractivity (Wildman–Crippen MR) is 83.2 cm³/mol. The van der Waals surface area contributed by atoms with Crippen molar-refractivity contribution in [1.29, 1.82) is 0 Å². The summed E-state index contributed by atoms with van der Waals surface area (Å²) in [5.74, 6) is 1.83. The summed E-state index contributed by atoms with van der Waals surface area (Å²) >= 11 is 0. The van der Waals surface area contributed by atoms with Crippen LogP contribution in [0.1, 0.15) is 52.4 Å². The fourth-order valence-electron chi connectivity index (χ4n) is 4.88. The first-order chi connectivity index (χ1) is 10.5. The van der Waals surface area contributed by atoms with Crippen LogP contribution in [0.5, 0.6) is 0 Å². The molecule has 0 radical (unpaired) electrons. The molecule has 2 bridgehead atoms. The summed E-state index contributed by atoms with van der Waals surface area (Å²) < 4.78 is 12.1. The lowest BCUT2D eigenvalue weighted by Crippen LogP contribution is -2.55. The van der Waals surface area contributed by atoms with Crippen molar-refractivity contribution in [2.24, 2.45) is 23.2 Å². The van der Waals surface area contributed by atoms with E-state index in [9.17, 15) is 4.79 Å². The summed E-state index contributed by atoms with van der Waals surface area (Å²) in [6.07, 6.45) is 6.74. The maximum atomic E-state index is 12.8. The first-order valence-corrected chi connectivity index (χ1v) is 9.03. The van der Waals surface area contributed by atoms with Gasteiger partial charge in [0.05, 0.1) is 13.2 Å². The molecule has 124 valence electrons. The Bertz CT molecular complexity index is 441. The molecule has 4 fully saturated rings. The zero-order valence-electron chi connectivity index (χ0n) is 14.0. The smallest absolute Gasteiger partial charge is 0.225 e. The number of fused-ring (bicyclic) bond motifs is 2. The van der Waals surface area contributed by atoms with Gasteiger partial charge in [-0.05, 0) is 31.1 Å². The molecule has 22 heavy (non-hydrogen) atoms. The maximum absolute atomic E-state index is 12.8. The average molecular weight is 307 g/mol. The molecule has 4 aliphatic rings. The molecule has 2 saturated heterocycles. The van der Waals surface area contributed by atoms with Gasteiger partial charge in [-0.1, -0.05) is 20.3 Å². The molecule has 3 atom stereocenters. The Balaban J connectivity index is 1.33. The molecule has 1 spiro atoms. The van der Waals surface area contributed by atoms with Crippen LogP contribution in [-0.2, 0) is 14.3 Å². The minimum absolute atomic E-state index is 0.112. The molecule has 4 rings (SSSR count). The summed E-state index contributed by atoms with van der Waals surface area (Å²) in [5, 5.41) is 0. The number of ether oxygens (including phenoxy) is 2. The van der Waals surface area contributed by atoms with E-state index in [1.807, 2.05) is 0 Å². The number of amides is 1. The second-order valence-corrected chi connectivity index (χ2v) is 8.76. The molecule has 2 aliphatic heterocycles. The van der Waals surface area contributed by atoms with E-state index in [2.05, 4.69) is 18.7 Å². The molecular formula is C18H29NO3. The van der Waals surface area contributed by atoms with Crippen molar-refractivity contribution in [3.63, 3.8) is 0 Å². The van der Waals surface area contributed by atoms with Gasteiger partial charge in [-0.3, -0.25) is 4.79 Å². The van der Waals surface area contributed by atoms with E-state index >= 15 is 0 Å². The number of rotatable bonds is 1. The number of nitrogens with zero attached hydrogens (tertiary/aromatic N) is 1. The molecule has 2 heterocycles. The summed E-state index contributed by atoms with van der Waals surface area (Å²) in [6, 6.07) is 0. The van der Waals surface area contributed by atoms with E-state index < -0.39 is 5.79 Å². The Labute approximate surface area is 133 Å². The Morgan fingerprint density at radius 3 is 2.27 bits per heavy atom. The summed E-state index contributed by atoms with van der Waals surface area (Å²) in [7, 11) is 0. The molecule has 4 nitrogen and oxygen atoms in total. The predicted octanol–water partition coefficient (Wildman–Crippen LogP) is 2.81. The molecule has 1 amide bonds. The number of likely N-dealkylation sites (tertiary alicyclic amines) is 1. The molecular weight excluding hydrogens is 278 g/mol. The fourth-order valence-corrected chi connectivity index (χ4v) is 4.88. The second-order valence-electron chi connectivity index (χ2n) is 8.76. The third-order valence-corrected chi connectivity index (χ3v) is 6.34. The van der Waals surface area contributed by atoms with Crippen LogP contribution in [-0.4, -0.2) is 42.9 Å². The summed E-state index contributed by atoms with van der Waals surface area (Å²) in [4.78, 5) is 14.9. The third-order valence-electron chi connectivity index (χ3n) is 6.34. The number of hydrogen-bond donors (Lipinski definition) is 0. The summed E-state index contributed by atoms with van der Waals surface area (Å²) in [5.41, 5.74) is 0.112. The van der Waals surface area contributed by atoms with E-state index in [0.717, 1.165) is 51.5 Å². The molecule has 0 aromatic rings. The number of hydrogen-bond acceptors (Lipinski definition) is 3. The van der Waals surface area contributed by atoms with Gasteiger partial charge in [0.15, 0.2) is 5.79 Å². The minimum atomic E-state index is -0.416. The fraction of sp³-hybridized carbons (Fsp3) is 0.944. The maximum Gasteiger partial charge on any atom is 0.225 e. The monoisotopic (exact) mass is 307 g/mol. The molecule has 2 aliphatic carbocycles. The Kier molecular flexibility index (Phi) is 3.53. The molecule has 0 N–H and O–H groups in total. The Morgan fingerprint density at radius 2 is 1.73 bits per heavy atom. The van der Waals surface area contributed by atoms with Crippen molar-refractivity contribution in [3.8, 4) is 0 Å². The van der Waals surface area contributed by atoms with Crippen molar-refractivity contribution in [1.82, 2.24) is 4.90 Å². The van der Waals surface area contributed by atoms with Crippen molar-refractivity contribution >= 4 is 5.91 Å². The standard InChI is InChI=1S/C18H29NO3/c1-17(2)11-21-18(22-12-17)5-7-19(8-6-18)16(20)15-10-13-3-4-14(15)9-13/h13-15H,3-12H2,1-2H3/t13-,14+,15+/m0/s1. The number of carbonyl (C=O) groups is 1. The first-order valence-electron chi connectivity index (χ1n) is 9.03. The molecule has 0 aromatic carbocycles. The lowest BCUT2D eigenvalue weighted by molar-refractivity contribution is -0.312. The van der Waals surface area contributed by atoms with Crippen LogP contribution < -0.4 is 0 Å². The van der Waals surface area contributed by atoms with Crippen molar-refractivity contribution in [2.75, 3.05) is 26.3 Å². The summed E-state index contributed by atoms with van der Waals surface area (Å²) in [6.45, 7) is 7.46. The number of carbonyl (C=O) groups excluding carboxylic acids is 1. The van der Waals surface area contributed by atoms with Gasteiger partial charge in [-0.2, -0.15) is 0 Å². The highest BCUT2D eigenvalue weighted by Gasteiger charge is 2.47. The third kappa shape index (κ3) is 2.58. The normalized spacial score (nSPS) is 39.4. The zero-order chi connectivity index (χ0) is 15.4. The second kappa shape index (κ2) is 5.20. The van der Waals surface area contributed by atoms with Gasteiger partial charge in [-0.15, -0.1) is 0 Å². The van der Waals surface area contributed by atoms with Crippen LogP contribution in [0.15, 0.2) is 0 Å². The molecule has 2 saturated carbocycles. The van der Waals surface area contributed by atoms with Gasteiger partial charge in [-0.25, -0.2) is 0 Å². The SMILES string of the molecule is CC1(C)COC2(CCN(C(=O)[C@@H]3C[C@H]4CC[C@@H]3C4)CC2)OC1. The highest BCUT2D eigenvalue weighted by atomic mass is 16.7. The quantitative estimate of drug-likeness (QED) is 0.748. The van der Waals surface area contributed by atoms with Gasteiger partial charge in [0, 0.05) is 37.3 Å². The lowest BCUT2D eigenvalue weighted by Gasteiger charge is -2.47. The van der Waals surface area contributed by atoms with E-state index in [0.29, 0.717) is 17.7 Å². The van der Waals surface area contributed by atoms with E-state index in [1.54, 1.807) is 0 Å². The van der Waals surface area contributed by atoms with E-state index in [4.69, 9.17) is 9.47 Å². The van der Waals surface area contributed by atoms with Crippen LogP contribution in [0.2, 0.25) is 0 Å². The molecule has 0 unspecified atom stereocenters. The molecule has 4 heteroatoms. The topological polar surface area (TPSA) is 38.8 Å². The van der Waals surface area contributed by atoms with Crippen LogP contribution in [0.25, 0.3) is 0 Å². The largest absolute Gasteiger partial charge is 0.349 e. The van der Waals surface area contributed by atoms with Crippen molar-refractivity contribution in [3.05, 3.63) is 0 Å². The number of piperidine rings is 1. The Hall–Kier alpha value is -0.610. The van der Waals surface area contributed by atoms with Crippen LogP contribution in [0.3, 0.4) is 0 Å². The van der Waals surface area contributed by atoms with Gasteiger partial charge >= 0.3 is 0 Å². The van der Waals surface area contributed by atoms with E-state index in [1.165, 1.54) is 19.3 Å². The lowest BCUT2D eigenvalue weighted by atomic mass is 9.87. The Morgan fingerprint density at radius 1 is 1.05 bits per heavy atom. The first kappa shape index (κ1) is 14.9. The van der Waals surface area contributed by atoms with Crippen molar-refractivity contribution < 1.29 is 14.3 Å². The van der Waals surface area contributed by atoms with Gasteiger partial charge in [0.25, 0.3) is 0 Å². The highest BCUT2D eigenvalue weighted by Crippen LogP contribution is 2.49. The average Bonchev–Trinajstić information content (AvgIpc) is 3.14. The van der Waals surface area contributed by atoms with Crippen LogP contribution in [0.4, 0.5) is 0 Å².